The highest BCUT2D eigenvalue weighted by atomic mass is 16.5. The van der Waals surface area contributed by atoms with E-state index in [0.717, 1.165) is 11.3 Å². The Labute approximate surface area is 93.7 Å². The molecule has 1 aromatic carbocycles. The van der Waals surface area contributed by atoms with Gasteiger partial charge in [0.1, 0.15) is 12.0 Å². The largest absolute Gasteiger partial charge is 0.497 e. The van der Waals surface area contributed by atoms with Gasteiger partial charge in [0.25, 0.3) is 0 Å². The van der Waals surface area contributed by atoms with Crippen molar-refractivity contribution in [3.63, 3.8) is 0 Å². The summed E-state index contributed by atoms with van der Waals surface area (Å²) in [5, 5.41) is 0. The highest BCUT2D eigenvalue weighted by Crippen LogP contribution is 2.14. The van der Waals surface area contributed by atoms with Crippen LogP contribution in [-0.2, 0) is 6.42 Å². The molecular weight excluding hydrogens is 204 g/mol. The Morgan fingerprint density at radius 1 is 1.38 bits per heavy atom. The van der Waals surface area contributed by atoms with Gasteiger partial charge in [0, 0.05) is 6.42 Å². The van der Waals surface area contributed by atoms with Gasteiger partial charge in [-0.1, -0.05) is 12.1 Å². The smallest absolute Gasteiger partial charge is 0.170 e. The fourth-order valence-corrected chi connectivity index (χ4v) is 1.49. The second-order valence-electron chi connectivity index (χ2n) is 3.46. The molecule has 0 saturated carbocycles. The number of ketones is 1. The summed E-state index contributed by atoms with van der Waals surface area (Å²) in [6, 6.07) is 9.16. The summed E-state index contributed by atoms with van der Waals surface area (Å²) >= 11 is 0. The van der Waals surface area contributed by atoms with Gasteiger partial charge in [-0.15, -0.1) is 0 Å². The number of Topliss-reactive ketones (excluding diaryl/α,β-unsaturated/α-hetero) is 1. The second-order valence-corrected chi connectivity index (χ2v) is 3.46. The Kier molecular flexibility index (Phi) is 3.05. The minimum atomic E-state index is 0.0435. The molecule has 0 saturated heterocycles. The van der Waals surface area contributed by atoms with Crippen molar-refractivity contribution in [3.05, 3.63) is 54.0 Å². The zero-order chi connectivity index (χ0) is 11.4. The maximum atomic E-state index is 11.8. The van der Waals surface area contributed by atoms with Crippen LogP contribution in [-0.4, -0.2) is 12.9 Å². The first-order chi connectivity index (χ1) is 7.79. The van der Waals surface area contributed by atoms with Crippen LogP contribution in [0.2, 0.25) is 0 Å². The van der Waals surface area contributed by atoms with E-state index in [4.69, 9.17) is 9.15 Å². The summed E-state index contributed by atoms with van der Waals surface area (Å²) < 4.78 is 9.97. The molecule has 0 fully saturated rings. The van der Waals surface area contributed by atoms with Crippen molar-refractivity contribution in [2.75, 3.05) is 7.11 Å². The molecule has 0 atom stereocenters. The van der Waals surface area contributed by atoms with Crippen LogP contribution in [0.5, 0.6) is 5.75 Å². The predicted octanol–water partition coefficient (Wildman–Crippen LogP) is 2.71. The number of carbonyl (C=O) groups is 1. The lowest BCUT2D eigenvalue weighted by Gasteiger charge is -2.02. The molecule has 0 aliphatic heterocycles. The molecule has 2 aromatic rings. The third kappa shape index (κ3) is 2.31. The van der Waals surface area contributed by atoms with E-state index in [1.807, 2.05) is 24.3 Å². The fraction of sp³-hybridized carbons (Fsp3) is 0.154. The topological polar surface area (TPSA) is 39.4 Å². The Bertz CT molecular complexity index is 472. The van der Waals surface area contributed by atoms with Gasteiger partial charge in [-0.25, -0.2) is 0 Å². The lowest BCUT2D eigenvalue weighted by atomic mass is 10.1. The van der Waals surface area contributed by atoms with Gasteiger partial charge in [0.15, 0.2) is 5.78 Å². The number of hydrogen-bond donors (Lipinski definition) is 0. The van der Waals surface area contributed by atoms with Crippen molar-refractivity contribution in [3.8, 4) is 5.75 Å². The number of carbonyl (C=O) groups excluding carboxylic acids is 1. The Hall–Kier alpha value is -2.03. The molecule has 1 heterocycles. The van der Waals surface area contributed by atoms with E-state index < -0.39 is 0 Å². The minimum Gasteiger partial charge on any atom is -0.497 e. The molecule has 0 N–H and O–H groups in total. The van der Waals surface area contributed by atoms with Crippen molar-refractivity contribution in [1.29, 1.82) is 0 Å². The Morgan fingerprint density at radius 3 is 2.94 bits per heavy atom. The maximum absolute atomic E-state index is 11.8. The van der Waals surface area contributed by atoms with E-state index in [2.05, 4.69) is 0 Å². The van der Waals surface area contributed by atoms with Crippen LogP contribution in [0.25, 0.3) is 0 Å². The monoisotopic (exact) mass is 216 g/mol. The van der Waals surface area contributed by atoms with Crippen LogP contribution in [0.4, 0.5) is 0 Å². The number of furan rings is 1. The van der Waals surface area contributed by atoms with Gasteiger partial charge in [-0.3, -0.25) is 4.79 Å². The number of benzene rings is 1. The van der Waals surface area contributed by atoms with Crippen LogP contribution in [0.1, 0.15) is 15.9 Å². The van der Waals surface area contributed by atoms with Gasteiger partial charge < -0.3 is 9.15 Å². The zero-order valence-corrected chi connectivity index (χ0v) is 8.97. The molecule has 2 rings (SSSR count). The van der Waals surface area contributed by atoms with Crippen LogP contribution in [0.15, 0.2) is 47.3 Å². The number of hydrogen-bond acceptors (Lipinski definition) is 3. The molecular formula is C13H12O3. The van der Waals surface area contributed by atoms with Crippen molar-refractivity contribution >= 4 is 5.78 Å². The van der Waals surface area contributed by atoms with Crippen molar-refractivity contribution in [2.45, 2.75) is 6.42 Å². The van der Waals surface area contributed by atoms with E-state index >= 15 is 0 Å². The summed E-state index contributed by atoms with van der Waals surface area (Å²) in [5.74, 6) is 0.805. The number of methoxy groups -OCH3 is 1. The quantitative estimate of drug-likeness (QED) is 0.737. The standard InChI is InChI=1S/C13H12O3/c1-15-12-4-2-3-10(7-12)8-13(14)11-5-6-16-9-11/h2-7,9H,8H2,1H3. The lowest BCUT2D eigenvalue weighted by Crippen LogP contribution is -2.02. The summed E-state index contributed by atoms with van der Waals surface area (Å²) in [5.41, 5.74) is 1.54. The Morgan fingerprint density at radius 2 is 2.25 bits per heavy atom. The highest BCUT2D eigenvalue weighted by Gasteiger charge is 2.08. The molecule has 0 bridgehead atoms. The van der Waals surface area contributed by atoms with Crippen LogP contribution in [0.3, 0.4) is 0 Å². The van der Waals surface area contributed by atoms with Crippen LogP contribution < -0.4 is 4.74 Å². The average Bonchev–Trinajstić information content (AvgIpc) is 2.83. The van der Waals surface area contributed by atoms with E-state index in [1.165, 1.54) is 12.5 Å². The molecule has 0 radical (unpaired) electrons. The van der Waals surface area contributed by atoms with Gasteiger partial charge in [0.05, 0.1) is 18.9 Å². The average molecular weight is 216 g/mol. The van der Waals surface area contributed by atoms with Gasteiger partial charge in [-0.05, 0) is 23.8 Å². The summed E-state index contributed by atoms with van der Waals surface area (Å²) in [4.78, 5) is 11.8. The summed E-state index contributed by atoms with van der Waals surface area (Å²) in [7, 11) is 1.61. The maximum Gasteiger partial charge on any atom is 0.170 e. The van der Waals surface area contributed by atoms with Crippen molar-refractivity contribution in [2.24, 2.45) is 0 Å². The lowest BCUT2D eigenvalue weighted by molar-refractivity contribution is 0.0992. The molecule has 82 valence electrons. The molecule has 0 spiro atoms. The van der Waals surface area contributed by atoms with E-state index in [1.54, 1.807) is 13.2 Å². The van der Waals surface area contributed by atoms with E-state index in [-0.39, 0.29) is 5.78 Å². The highest BCUT2D eigenvalue weighted by molar-refractivity contribution is 5.97. The molecule has 3 nitrogen and oxygen atoms in total. The first kappa shape index (κ1) is 10.5. The predicted molar refractivity (Wildman–Crippen MR) is 59.7 cm³/mol. The van der Waals surface area contributed by atoms with E-state index in [9.17, 15) is 4.79 Å². The summed E-state index contributed by atoms with van der Waals surface area (Å²) in [6.45, 7) is 0. The molecule has 0 aliphatic carbocycles. The SMILES string of the molecule is COc1cccc(CC(=O)c2ccoc2)c1. The summed E-state index contributed by atoms with van der Waals surface area (Å²) in [6.07, 6.45) is 3.32. The van der Waals surface area contributed by atoms with Crippen LogP contribution in [0, 0.1) is 0 Å². The molecule has 0 unspecified atom stereocenters. The third-order valence-electron chi connectivity index (χ3n) is 2.34. The fourth-order valence-electron chi connectivity index (χ4n) is 1.49. The zero-order valence-electron chi connectivity index (χ0n) is 8.97. The first-order valence-electron chi connectivity index (χ1n) is 4.98. The van der Waals surface area contributed by atoms with E-state index in [0.29, 0.717) is 12.0 Å². The van der Waals surface area contributed by atoms with Gasteiger partial charge in [0.2, 0.25) is 0 Å². The molecule has 16 heavy (non-hydrogen) atoms. The van der Waals surface area contributed by atoms with Gasteiger partial charge in [-0.2, -0.15) is 0 Å². The first-order valence-corrected chi connectivity index (χ1v) is 4.98. The van der Waals surface area contributed by atoms with Crippen LogP contribution >= 0.6 is 0 Å². The van der Waals surface area contributed by atoms with Crippen molar-refractivity contribution in [1.82, 2.24) is 0 Å². The number of rotatable bonds is 4. The molecule has 0 aliphatic rings. The molecule has 0 amide bonds. The second kappa shape index (κ2) is 4.66. The van der Waals surface area contributed by atoms with Gasteiger partial charge >= 0.3 is 0 Å². The Balaban J connectivity index is 2.12. The minimum absolute atomic E-state index is 0.0435. The molecule has 1 aromatic heterocycles. The number of ether oxygens (including phenoxy) is 1. The van der Waals surface area contributed by atoms with Crippen molar-refractivity contribution < 1.29 is 13.9 Å². The molecule has 3 heteroatoms. The normalized spacial score (nSPS) is 10.1. The third-order valence-corrected chi connectivity index (χ3v) is 2.34.